The Morgan fingerprint density at radius 1 is 1.00 bits per heavy atom. The van der Waals surface area contributed by atoms with E-state index < -0.39 is 6.04 Å². The van der Waals surface area contributed by atoms with Gasteiger partial charge in [-0.15, -0.1) is 11.8 Å². The van der Waals surface area contributed by atoms with E-state index in [9.17, 15) is 9.59 Å². The first-order valence-electron chi connectivity index (χ1n) is 10.3. The number of nitrogens with one attached hydrogen (secondary N) is 2. The van der Waals surface area contributed by atoms with Crippen LogP contribution in [0.3, 0.4) is 0 Å². The lowest BCUT2D eigenvalue weighted by Gasteiger charge is -2.25. The number of anilines is 2. The minimum atomic E-state index is -0.669. The summed E-state index contributed by atoms with van der Waals surface area (Å²) in [6, 6.07) is 24.3. The van der Waals surface area contributed by atoms with Crippen LogP contribution in [0.25, 0.3) is 0 Å². The van der Waals surface area contributed by atoms with Crippen LogP contribution >= 0.6 is 11.8 Å². The number of benzene rings is 3. The maximum Gasteiger partial charge on any atom is 0.319 e. The van der Waals surface area contributed by atoms with Crippen molar-refractivity contribution in [2.75, 3.05) is 23.0 Å². The van der Waals surface area contributed by atoms with Crippen molar-refractivity contribution >= 4 is 35.1 Å². The van der Waals surface area contributed by atoms with E-state index in [2.05, 4.69) is 10.6 Å². The van der Waals surface area contributed by atoms with Crippen molar-refractivity contribution < 1.29 is 9.59 Å². The molecule has 0 spiro atoms. The molecule has 1 atom stereocenters. The van der Waals surface area contributed by atoms with E-state index in [-0.39, 0.29) is 11.9 Å². The first-order valence-corrected chi connectivity index (χ1v) is 11.5. The van der Waals surface area contributed by atoms with Gasteiger partial charge in [-0.3, -0.25) is 4.79 Å². The van der Waals surface area contributed by atoms with Gasteiger partial charge in [-0.1, -0.05) is 54.6 Å². The quantitative estimate of drug-likeness (QED) is 0.555. The summed E-state index contributed by atoms with van der Waals surface area (Å²) in [5.74, 6) is -0.0955. The van der Waals surface area contributed by atoms with Crippen LogP contribution in [-0.4, -0.2) is 30.8 Å². The van der Waals surface area contributed by atoms with Crippen molar-refractivity contribution in [1.82, 2.24) is 5.32 Å². The van der Waals surface area contributed by atoms with E-state index in [1.54, 1.807) is 16.7 Å². The molecule has 3 amide bonds. The number of urea groups is 1. The minimum Gasteiger partial charge on any atom is -0.326 e. The van der Waals surface area contributed by atoms with Gasteiger partial charge in [-0.25, -0.2) is 4.79 Å². The Hall–Kier alpha value is -3.25. The second kappa shape index (κ2) is 9.71. The molecule has 0 bridgehead atoms. The highest BCUT2D eigenvalue weighted by atomic mass is 32.2. The summed E-state index contributed by atoms with van der Waals surface area (Å²) in [6.07, 6.45) is 3.24. The minimum absolute atomic E-state index is 0.0955. The third kappa shape index (κ3) is 5.09. The number of carbonyl (C=O) groups excluding carboxylic acids is 2. The first-order chi connectivity index (χ1) is 15.1. The van der Waals surface area contributed by atoms with Gasteiger partial charge in [-0.05, 0) is 48.1 Å². The smallest absolute Gasteiger partial charge is 0.319 e. The van der Waals surface area contributed by atoms with Crippen molar-refractivity contribution in [3.63, 3.8) is 0 Å². The molecule has 0 unspecified atom stereocenters. The largest absolute Gasteiger partial charge is 0.326 e. The number of hydrogen-bond acceptors (Lipinski definition) is 3. The van der Waals surface area contributed by atoms with Gasteiger partial charge in [0.15, 0.2) is 0 Å². The zero-order chi connectivity index (χ0) is 21.6. The molecule has 1 aliphatic rings. The molecule has 0 fully saturated rings. The van der Waals surface area contributed by atoms with Crippen LogP contribution in [0, 0.1) is 0 Å². The molecule has 4 rings (SSSR count). The maximum absolute atomic E-state index is 13.5. The molecule has 1 aliphatic heterocycles. The molecule has 5 nitrogen and oxygen atoms in total. The third-order valence-corrected chi connectivity index (χ3v) is 6.09. The second-order valence-corrected chi connectivity index (χ2v) is 8.32. The highest BCUT2D eigenvalue weighted by Gasteiger charge is 2.31. The predicted molar refractivity (Wildman–Crippen MR) is 127 cm³/mol. The number of nitrogens with zero attached hydrogens (tertiary/aromatic N) is 1. The summed E-state index contributed by atoms with van der Waals surface area (Å²) in [7, 11) is 0. The van der Waals surface area contributed by atoms with Gasteiger partial charge in [0.2, 0.25) is 5.91 Å². The predicted octanol–water partition coefficient (Wildman–Crippen LogP) is 4.73. The zero-order valence-electron chi connectivity index (χ0n) is 17.4. The van der Waals surface area contributed by atoms with Gasteiger partial charge in [0.25, 0.3) is 0 Å². The fourth-order valence-electron chi connectivity index (χ4n) is 3.83. The molecule has 6 heteroatoms. The molecule has 158 valence electrons. The lowest BCUT2D eigenvalue weighted by atomic mass is 10.0. The van der Waals surface area contributed by atoms with E-state index in [0.29, 0.717) is 18.7 Å². The number of carbonyl (C=O) groups is 2. The van der Waals surface area contributed by atoms with E-state index in [0.717, 1.165) is 28.1 Å². The molecule has 0 aliphatic carbocycles. The number of hydrogen-bond donors (Lipinski definition) is 2. The van der Waals surface area contributed by atoms with Crippen LogP contribution in [0.1, 0.15) is 11.1 Å². The Kier molecular flexibility index (Phi) is 6.57. The van der Waals surface area contributed by atoms with Gasteiger partial charge in [0, 0.05) is 29.2 Å². The van der Waals surface area contributed by atoms with Gasteiger partial charge in [0.1, 0.15) is 6.04 Å². The fourth-order valence-corrected chi connectivity index (χ4v) is 4.29. The SMILES string of the molecule is CSc1cccc(NC(=O)N[C@H](Cc2ccccc2)C(=O)N2CCc3ccccc32)c1. The first kappa shape index (κ1) is 21.0. The number of fused-ring (bicyclic) bond motifs is 1. The highest BCUT2D eigenvalue weighted by molar-refractivity contribution is 7.98. The Labute approximate surface area is 186 Å². The average molecular weight is 432 g/mol. The molecular formula is C25H25N3O2S. The van der Waals surface area contributed by atoms with Crippen LogP contribution in [-0.2, 0) is 17.6 Å². The fraction of sp³-hybridized carbons (Fsp3) is 0.200. The number of para-hydroxylation sites is 1. The van der Waals surface area contributed by atoms with Gasteiger partial charge in [-0.2, -0.15) is 0 Å². The average Bonchev–Trinajstić information content (AvgIpc) is 3.23. The summed E-state index contributed by atoms with van der Waals surface area (Å²) in [6.45, 7) is 0.628. The maximum atomic E-state index is 13.5. The highest BCUT2D eigenvalue weighted by Crippen LogP contribution is 2.28. The van der Waals surface area contributed by atoms with Crippen molar-refractivity contribution in [3.05, 3.63) is 90.0 Å². The molecule has 0 radical (unpaired) electrons. The third-order valence-electron chi connectivity index (χ3n) is 5.37. The van der Waals surface area contributed by atoms with Gasteiger partial charge >= 0.3 is 6.03 Å². The lowest BCUT2D eigenvalue weighted by molar-refractivity contribution is -0.120. The lowest BCUT2D eigenvalue weighted by Crippen LogP contribution is -2.50. The van der Waals surface area contributed by atoms with Crippen LogP contribution < -0.4 is 15.5 Å². The van der Waals surface area contributed by atoms with Crippen molar-refractivity contribution in [1.29, 1.82) is 0 Å². The monoisotopic (exact) mass is 431 g/mol. The molecular weight excluding hydrogens is 406 g/mol. The Bertz CT molecular complexity index is 1070. The Morgan fingerprint density at radius 2 is 1.77 bits per heavy atom. The van der Waals surface area contributed by atoms with E-state index in [1.807, 2.05) is 85.1 Å². The number of amides is 3. The van der Waals surface area contributed by atoms with Crippen LogP contribution in [0.2, 0.25) is 0 Å². The molecule has 3 aromatic carbocycles. The topological polar surface area (TPSA) is 61.4 Å². The molecule has 0 aromatic heterocycles. The van der Waals surface area contributed by atoms with E-state index >= 15 is 0 Å². The second-order valence-electron chi connectivity index (χ2n) is 7.44. The number of thioether (sulfide) groups is 1. The Morgan fingerprint density at radius 3 is 2.58 bits per heavy atom. The summed E-state index contributed by atoms with van der Waals surface area (Å²) in [4.78, 5) is 29.1. The van der Waals surface area contributed by atoms with E-state index in [4.69, 9.17) is 0 Å². The van der Waals surface area contributed by atoms with Crippen molar-refractivity contribution in [3.8, 4) is 0 Å². The van der Waals surface area contributed by atoms with Gasteiger partial charge in [0.05, 0.1) is 0 Å². The summed E-state index contributed by atoms with van der Waals surface area (Å²) in [5.41, 5.74) is 3.79. The molecule has 2 N–H and O–H groups in total. The normalized spacial score (nSPS) is 13.4. The number of rotatable bonds is 6. The molecule has 1 heterocycles. The standard InChI is InChI=1S/C25H25N3O2S/c1-31-21-12-7-11-20(17-21)26-25(30)27-22(16-18-8-3-2-4-9-18)24(29)28-15-14-19-10-5-6-13-23(19)28/h2-13,17,22H,14-16H2,1H3,(H2,26,27,30)/t22-/m1/s1. The van der Waals surface area contributed by atoms with Crippen molar-refractivity contribution in [2.45, 2.75) is 23.8 Å². The van der Waals surface area contributed by atoms with Gasteiger partial charge < -0.3 is 15.5 Å². The molecule has 3 aromatic rings. The van der Waals surface area contributed by atoms with Crippen molar-refractivity contribution in [2.24, 2.45) is 0 Å². The van der Waals surface area contributed by atoms with Crippen LogP contribution in [0.5, 0.6) is 0 Å². The molecule has 31 heavy (non-hydrogen) atoms. The Balaban J connectivity index is 1.53. The summed E-state index contributed by atoms with van der Waals surface area (Å²) >= 11 is 1.61. The van der Waals surface area contributed by atoms with Crippen LogP contribution in [0.4, 0.5) is 16.2 Å². The van der Waals surface area contributed by atoms with Crippen LogP contribution in [0.15, 0.2) is 83.8 Å². The van der Waals surface area contributed by atoms with E-state index in [1.165, 1.54) is 0 Å². The summed E-state index contributed by atoms with van der Waals surface area (Å²) < 4.78 is 0. The summed E-state index contributed by atoms with van der Waals surface area (Å²) in [5, 5.41) is 5.77. The molecule has 0 saturated heterocycles. The zero-order valence-corrected chi connectivity index (χ0v) is 18.2. The molecule has 0 saturated carbocycles.